The van der Waals surface area contributed by atoms with Gasteiger partial charge in [-0.05, 0) is 17.7 Å². The first-order chi connectivity index (χ1) is 7.29. The summed E-state index contributed by atoms with van der Waals surface area (Å²) in [5.74, 6) is 1.59. The maximum Gasteiger partial charge on any atom is 0.292 e. The highest BCUT2D eigenvalue weighted by atomic mass is 35.5. The highest BCUT2D eigenvalue weighted by Crippen LogP contribution is 2.10. The van der Waals surface area contributed by atoms with Crippen LogP contribution >= 0.6 is 0 Å². The van der Waals surface area contributed by atoms with Crippen molar-refractivity contribution < 1.29 is 34.2 Å². The minimum absolute atomic E-state index is 0. The van der Waals surface area contributed by atoms with E-state index in [0.717, 1.165) is 18.1 Å². The van der Waals surface area contributed by atoms with Crippen LogP contribution < -0.4 is 46.1 Å². The van der Waals surface area contributed by atoms with E-state index in [1.807, 2.05) is 41.2 Å². The summed E-state index contributed by atoms with van der Waals surface area (Å²) in [7, 11) is 1.66. The van der Waals surface area contributed by atoms with Crippen molar-refractivity contribution >= 4 is 5.82 Å². The molecule has 0 amide bonds. The number of nitrogens with zero attached hydrogens (tertiary/aromatic N) is 1. The lowest BCUT2D eigenvalue weighted by atomic mass is 10.2. The fraction of sp³-hybridized carbons (Fsp3) is 0.182. The fourth-order valence-corrected chi connectivity index (χ4v) is 1.43. The van der Waals surface area contributed by atoms with Gasteiger partial charge in [0.15, 0.2) is 0 Å². The summed E-state index contributed by atoms with van der Waals surface area (Å²) in [5, 5.41) is 3.04. The van der Waals surface area contributed by atoms with Crippen molar-refractivity contribution in [3.05, 3.63) is 42.1 Å². The van der Waals surface area contributed by atoms with Crippen molar-refractivity contribution in [2.24, 2.45) is 0 Å². The van der Waals surface area contributed by atoms with E-state index in [9.17, 15) is 0 Å². The Morgan fingerprint density at radius 1 is 1.17 bits per heavy atom. The van der Waals surface area contributed by atoms with E-state index in [2.05, 4.69) is 5.10 Å². The van der Waals surface area contributed by atoms with E-state index in [0.29, 0.717) is 0 Å². The quantitative estimate of drug-likeness (QED) is 0.497. The topological polar surface area (TPSA) is 91.4 Å². The number of hydrogen-bond acceptors (Lipinski definition) is 2. The molecule has 0 bridgehead atoms. The summed E-state index contributed by atoms with van der Waals surface area (Å²) in [6.07, 6.45) is 1.82. The van der Waals surface area contributed by atoms with Crippen molar-refractivity contribution in [1.82, 2.24) is 11.2 Å². The zero-order valence-electron chi connectivity index (χ0n) is 10.4. The Morgan fingerprint density at radius 2 is 1.78 bits per heavy atom. The second-order valence-corrected chi connectivity index (χ2v) is 3.32. The summed E-state index contributed by atoms with van der Waals surface area (Å²) in [4.78, 5) is 0. The van der Waals surface area contributed by atoms with Crippen LogP contribution in [0.4, 0.5) is 5.82 Å². The molecule has 2 aromatic rings. The van der Waals surface area contributed by atoms with Crippen LogP contribution in [0, 0.1) is 0 Å². The standard InChI is InChI=1S/C11H13N3O.2ClH.H3N/c1-15-10-4-2-9(3-5-10)8-14-11(12)6-7-13-14;;;/h2-7H,8H2,1H3,(H2,12,13);2*1H;1H3. The molecular weight excluding hydrogens is 275 g/mol. The number of rotatable bonds is 3. The molecule has 0 radical (unpaired) electrons. The van der Waals surface area contributed by atoms with Crippen molar-refractivity contribution in [2.75, 3.05) is 12.8 Å². The summed E-state index contributed by atoms with van der Waals surface area (Å²) < 4.78 is 6.97. The molecule has 5 nitrogen and oxygen atoms in total. The largest absolute Gasteiger partial charge is 1.00 e. The van der Waals surface area contributed by atoms with Gasteiger partial charge < -0.3 is 35.7 Å². The number of hydrogen-bond donors (Lipinski definition) is 3. The second-order valence-electron chi connectivity index (χ2n) is 3.32. The van der Waals surface area contributed by atoms with Gasteiger partial charge in [-0.2, -0.15) is 4.68 Å². The van der Waals surface area contributed by atoms with Crippen LogP contribution in [-0.2, 0) is 6.54 Å². The predicted octanol–water partition coefficient (Wildman–Crippen LogP) is -4.67. The van der Waals surface area contributed by atoms with Crippen LogP contribution in [-0.4, -0.2) is 12.2 Å². The Labute approximate surface area is 119 Å². The Hall–Kier alpha value is -1.43. The maximum atomic E-state index is 5.75. The van der Waals surface area contributed by atoms with Gasteiger partial charge in [-0.25, -0.2) is 5.10 Å². The number of methoxy groups -OCH3 is 1. The Bertz CT molecular complexity index is 445. The molecule has 0 atom stereocenters. The first-order valence-electron chi connectivity index (χ1n) is 4.75. The van der Waals surface area contributed by atoms with Gasteiger partial charge in [0.25, 0.3) is 5.82 Å². The van der Waals surface area contributed by atoms with Gasteiger partial charge in [0, 0.05) is 12.3 Å². The van der Waals surface area contributed by atoms with Gasteiger partial charge in [-0.1, -0.05) is 12.1 Å². The van der Waals surface area contributed by atoms with E-state index >= 15 is 0 Å². The van der Waals surface area contributed by atoms with Crippen molar-refractivity contribution in [2.45, 2.75) is 6.54 Å². The lowest BCUT2D eigenvalue weighted by molar-refractivity contribution is -0.728. The van der Waals surface area contributed by atoms with Gasteiger partial charge in [-0.15, -0.1) is 0 Å². The van der Waals surface area contributed by atoms with E-state index in [1.165, 1.54) is 5.56 Å². The number of nitrogen functional groups attached to an aromatic ring is 1. The number of ether oxygens (including phenoxy) is 1. The monoisotopic (exact) mass is 292 g/mol. The van der Waals surface area contributed by atoms with Gasteiger partial charge in [-0.3, -0.25) is 5.73 Å². The average molecular weight is 293 g/mol. The zero-order valence-corrected chi connectivity index (χ0v) is 11.9. The van der Waals surface area contributed by atoms with Gasteiger partial charge >= 0.3 is 0 Å². The number of aromatic amines is 1. The molecule has 2 rings (SSSR count). The van der Waals surface area contributed by atoms with Gasteiger partial charge in [0.2, 0.25) is 0 Å². The van der Waals surface area contributed by atoms with E-state index in [4.69, 9.17) is 10.5 Å². The minimum Gasteiger partial charge on any atom is -1.00 e. The number of halogens is 2. The molecule has 7 heteroatoms. The molecule has 0 saturated carbocycles. The number of quaternary nitrogens is 1. The smallest absolute Gasteiger partial charge is 0.292 e. The number of nitrogens with two attached hydrogens (primary N) is 1. The summed E-state index contributed by atoms with van der Waals surface area (Å²) in [5.41, 5.74) is 6.93. The molecule has 18 heavy (non-hydrogen) atoms. The molecule has 102 valence electrons. The Kier molecular flexibility index (Phi) is 9.07. The molecule has 1 heterocycles. The molecule has 7 N–H and O–H groups in total. The van der Waals surface area contributed by atoms with Crippen molar-refractivity contribution in [3.8, 4) is 5.75 Å². The summed E-state index contributed by atoms with van der Waals surface area (Å²) in [6.45, 7) is 0.739. The van der Waals surface area contributed by atoms with Crippen LogP contribution in [0.1, 0.15) is 5.56 Å². The molecule has 0 saturated heterocycles. The molecule has 0 spiro atoms. The predicted molar refractivity (Wildman–Crippen MR) is 63.5 cm³/mol. The lowest BCUT2D eigenvalue weighted by Gasteiger charge is -2.01. The molecule has 1 aromatic heterocycles. The maximum absolute atomic E-state index is 5.75. The van der Waals surface area contributed by atoms with Crippen molar-refractivity contribution in [3.63, 3.8) is 0 Å². The third-order valence-electron chi connectivity index (χ3n) is 2.30. The van der Waals surface area contributed by atoms with E-state index < -0.39 is 0 Å². The number of benzene rings is 1. The molecule has 0 aliphatic carbocycles. The highest BCUT2D eigenvalue weighted by molar-refractivity contribution is 5.27. The summed E-state index contributed by atoms with van der Waals surface area (Å²) >= 11 is 0. The first-order valence-corrected chi connectivity index (χ1v) is 4.75. The van der Waals surface area contributed by atoms with Crippen LogP contribution in [0.25, 0.3) is 0 Å². The van der Waals surface area contributed by atoms with Crippen molar-refractivity contribution in [1.29, 1.82) is 0 Å². The van der Waals surface area contributed by atoms with E-state index in [1.54, 1.807) is 7.11 Å². The second kappa shape index (κ2) is 8.63. The molecule has 0 aliphatic rings. The van der Waals surface area contributed by atoms with Crippen LogP contribution in [0.2, 0.25) is 0 Å². The van der Waals surface area contributed by atoms with Gasteiger partial charge in [0.05, 0.1) is 7.11 Å². The SMILES string of the molecule is COc1ccc(C[n+]2[nH]ccc2N)cc1.[Cl-].[Cl-].[NH4+]. The first kappa shape index (κ1) is 18.9. The Balaban J connectivity index is 0. The lowest BCUT2D eigenvalue weighted by Crippen LogP contribution is -3.00. The fourth-order valence-electron chi connectivity index (χ4n) is 1.43. The number of anilines is 1. The minimum atomic E-state index is 0. The molecule has 0 aliphatic heterocycles. The number of H-pyrrole nitrogens is 1. The van der Waals surface area contributed by atoms with Crippen LogP contribution in [0.5, 0.6) is 5.75 Å². The molecule has 1 aromatic carbocycles. The normalized spacial score (nSPS) is 8.50. The molecule has 0 fully saturated rings. The third kappa shape index (κ3) is 4.44. The van der Waals surface area contributed by atoms with Crippen LogP contribution in [0.15, 0.2) is 36.5 Å². The Morgan fingerprint density at radius 3 is 2.22 bits per heavy atom. The average Bonchev–Trinajstić information content (AvgIpc) is 2.66. The summed E-state index contributed by atoms with van der Waals surface area (Å²) in [6, 6.07) is 9.76. The molecule has 0 unspecified atom stereocenters. The van der Waals surface area contributed by atoms with E-state index in [-0.39, 0.29) is 31.0 Å². The number of aromatic nitrogens is 2. The zero-order chi connectivity index (χ0) is 10.7. The number of nitrogens with one attached hydrogen (secondary N) is 1. The molecular formula is C11H18Cl2N4O. The van der Waals surface area contributed by atoms with Crippen LogP contribution in [0.3, 0.4) is 0 Å². The van der Waals surface area contributed by atoms with Gasteiger partial charge in [0.1, 0.15) is 12.3 Å². The highest BCUT2D eigenvalue weighted by Gasteiger charge is 2.05. The third-order valence-corrected chi connectivity index (χ3v) is 2.30.